The summed E-state index contributed by atoms with van der Waals surface area (Å²) >= 11 is 0. The van der Waals surface area contributed by atoms with Crippen molar-refractivity contribution in [3.63, 3.8) is 0 Å². The number of amides is 4. The number of carbonyl (C=O) groups is 3. The summed E-state index contributed by atoms with van der Waals surface area (Å²) in [7, 11) is 0. The second kappa shape index (κ2) is 8.94. The van der Waals surface area contributed by atoms with E-state index in [0.29, 0.717) is 22.0 Å². The zero-order chi connectivity index (χ0) is 19.4. The average molecular weight is 402 g/mol. The first kappa shape index (κ1) is 20.8. The molecule has 0 unspecified atom stereocenters. The number of nitrogens with zero attached hydrogens (tertiary/aromatic N) is 4. The molecule has 1 saturated heterocycles. The molecule has 0 atom stereocenters. The molecule has 4 amide bonds. The minimum Gasteiger partial charge on any atom is -0.455 e. The van der Waals surface area contributed by atoms with Gasteiger partial charge in [0.2, 0.25) is 5.91 Å². The van der Waals surface area contributed by atoms with Crippen molar-refractivity contribution in [2.24, 2.45) is 10.8 Å². The highest BCUT2D eigenvalue weighted by Crippen LogP contribution is 2.22. The van der Waals surface area contributed by atoms with Gasteiger partial charge in [-0.2, -0.15) is 15.3 Å². The van der Waals surface area contributed by atoms with Crippen LogP contribution in [0.2, 0.25) is 0 Å². The summed E-state index contributed by atoms with van der Waals surface area (Å²) in [5, 5.41) is 13.6. The van der Waals surface area contributed by atoms with Gasteiger partial charge in [0, 0.05) is 18.5 Å². The lowest BCUT2D eigenvalue weighted by atomic mass is 10.1. The topological polar surface area (TPSA) is 133 Å². The molecule has 1 aliphatic rings. The number of urea groups is 1. The number of hydrogen-bond donors (Lipinski definition) is 1. The van der Waals surface area contributed by atoms with E-state index >= 15 is 0 Å². The summed E-state index contributed by atoms with van der Waals surface area (Å²) < 4.78 is 5.63. The number of nitrogens with two attached hydrogens (primary N) is 1. The van der Waals surface area contributed by atoms with Gasteiger partial charge < -0.3 is 10.2 Å². The van der Waals surface area contributed by atoms with E-state index in [0.717, 1.165) is 10.6 Å². The maximum atomic E-state index is 12.1. The molecule has 2 heterocycles. The van der Waals surface area contributed by atoms with Crippen molar-refractivity contribution in [1.82, 2.24) is 9.91 Å². The maximum Gasteiger partial charge on any atom is 0.354 e. The van der Waals surface area contributed by atoms with Gasteiger partial charge in [0.25, 0.3) is 5.91 Å². The Kier molecular flexibility index (Phi) is 6.65. The van der Waals surface area contributed by atoms with E-state index in [1.54, 1.807) is 36.4 Å². The van der Waals surface area contributed by atoms with Gasteiger partial charge in [0.05, 0.1) is 17.8 Å². The molecule has 9 nitrogen and oxygen atoms in total. The number of imide groups is 3. The van der Waals surface area contributed by atoms with Crippen LogP contribution in [-0.4, -0.2) is 47.1 Å². The number of benzene rings is 1. The lowest BCUT2D eigenvalue weighted by Gasteiger charge is -2.11. The Morgan fingerprint density at radius 1 is 1.25 bits per heavy atom. The Balaban J connectivity index is 0.00000280. The van der Waals surface area contributed by atoms with Crippen molar-refractivity contribution in [3.05, 3.63) is 47.7 Å². The molecular formula is C18H16ClN5O4. The van der Waals surface area contributed by atoms with Crippen LogP contribution in [0.15, 0.2) is 45.9 Å². The smallest absolute Gasteiger partial charge is 0.354 e. The van der Waals surface area contributed by atoms with Crippen molar-refractivity contribution in [1.29, 1.82) is 5.26 Å². The standard InChI is InChI=1S/C18H15N5O4.ClH/c19-8-7-16(24)23-17(25)11-22(18(23)26)21-10-14-5-6-15(27-14)13-3-1-12(9-20)2-4-13;/h1-6,10H,7-8,11,19H2;1H. The van der Waals surface area contributed by atoms with E-state index in [1.165, 1.54) is 6.21 Å². The molecule has 2 aromatic rings. The molecule has 0 aliphatic carbocycles. The Morgan fingerprint density at radius 2 is 1.96 bits per heavy atom. The Bertz CT molecular complexity index is 961. The highest BCUT2D eigenvalue weighted by molar-refractivity contribution is 6.15. The lowest BCUT2D eigenvalue weighted by Crippen LogP contribution is -2.38. The summed E-state index contributed by atoms with van der Waals surface area (Å²) in [5.74, 6) is -0.370. The van der Waals surface area contributed by atoms with Crippen molar-refractivity contribution < 1.29 is 18.8 Å². The molecule has 3 rings (SSSR count). The first-order valence-electron chi connectivity index (χ1n) is 8.05. The van der Waals surface area contributed by atoms with Crippen LogP contribution in [0.5, 0.6) is 0 Å². The predicted octanol–water partition coefficient (Wildman–Crippen LogP) is 1.71. The number of halogens is 1. The third-order valence-corrected chi connectivity index (χ3v) is 3.80. The molecule has 28 heavy (non-hydrogen) atoms. The lowest BCUT2D eigenvalue weighted by molar-refractivity contribution is -0.138. The molecule has 0 bridgehead atoms. The fourth-order valence-corrected chi connectivity index (χ4v) is 2.47. The number of hydrogen-bond acceptors (Lipinski definition) is 7. The van der Waals surface area contributed by atoms with Crippen molar-refractivity contribution >= 4 is 36.5 Å². The molecule has 1 fully saturated rings. The maximum absolute atomic E-state index is 12.1. The van der Waals surface area contributed by atoms with Crippen LogP contribution in [0.25, 0.3) is 11.3 Å². The van der Waals surface area contributed by atoms with Crippen LogP contribution in [0.4, 0.5) is 4.79 Å². The van der Waals surface area contributed by atoms with Gasteiger partial charge in [-0.25, -0.2) is 9.80 Å². The zero-order valence-electron chi connectivity index (χ0n) is 14.6. The van der Waals surface area contributed by atoms with Crippen LogP contribution in [0.1, 0.15) is 17.7 Å². The number of nitriles is 1. The second-order valence-electron chi connectivity index (χ2n) is 5.64. The molecule has 0 saturated carbocycles. The molecule has 1 aliphatic heterocycles. The summed E-state index contributed by atoms with van der Waals surface area (Å²) in [6.45, 7) is -0.279. The van der Waals surface area contributed by atoms with E-state index in [4.69, 9.17) is 15.4 Å². The molecule has 144 valence electrons. The van der Waals surface area contributed by atoms with Crippen molar-refractivity contribution in [2.45, 2.75) is 6.42 Å². The van der Waals surface area contributed by atoms with Crippen LogP contribution < -0.4 is 5.73 Å². The third kappa shape index (κ3) is 4.25. The average Bonchev–Trinajstić information content (AvgIpc) is 3.24. The molecule has 0 radical (unpaired) electrons. The first-order valence-corrected chi connectivity index (χ1v) is 8.05. The van der Waals surface area contributed by atoms with E-state index in [1.807, 2.05) is 6.07 Å². The summed E-state index contributed by atoms with van der Waals surface area (Å²) in [6, 6.07) is 11.4. The fraction of sp³-hybridized carbons (Fsp3) is 0.167. The van der Waals surface area contributed by atoms with Gasteiger partial charge >= 0.3 is 6.03 Å². The van der Waals surface area contributed by atoms with Crippen molar-refractivity contribution in [2.75, 3.05) is 13.1 Å². The second-order valence-corrected chi connectivity index (χ2v) is 5.64. The van der Waals surface area contributed by atoms with E-state index in [9.17, 15) is 14.4 Å². The predicted molar refractivity (Wildman–Crippen MR) is 101 cm³/mol. The number of furan rings is 1. The van der Waals surface area contributed by atoms with Crippen LogP contribution in [0.3, 0.4) is 0 Å². The molecule has 1 aromatic heterocycles. The highest BCUT2D eigenvalue weighted by atomic mass is 35.5. The van der Waals surface area contributed by atoms with Crippen LogP contribution >= 0.6 is 12.4 Å². The SMILES string of the molecule is Cl.N#Cc1ccc(-c2ccc(C=NN3CC(=O)N(C(=O)CCN)C3=O)o2)cc1. The third-order valence-electron chi connectivity index (χ3n) is 3.80. The van der Waals surface area contributed by atoms with Crippen LogP contribution in [0, 0.1) is 11.3 Å². The van der Waals surface area contributed by atoms with E-state index in [-0.39, 0.29) is 31.9 Å². The normalized spacial score (nSPS) is 13.7. The van der Waals surface area contributed by atoms with E-state index < -0.39 is 17.8 Å². The minimum atomic E-state index is -0.812. The van der Waals surface area contributed by atoms with Gasteiger partial charge in [-0.15, -0.1) is 12.4 Å². The van der Waals surface area contributed by atoms with Crippen LogP contribution in [-0.2, 0) is 9.59 Å². The Hall–Kier alpha value is -3.48. The summed E-state index contributed by atoms with van der Waals surface area (Å²) in [5.41, 5.74) is 6.60. The Labute approximate surface area is 166 Å². The Morgan fingerprint density at radius 3 is 2.61 bits per heavy atom. The molecular weight excluding hydrogens is 386 g/mol. The molecule has 2 N–H and O–H groups in total. The van der Waals surface area contributed by atoms with Gasteiger partial charge in [-0.3, -0.25) is 9.59 Å². The first-order chi connectivity index (χ1) is 13.0. The summed E-state index contributed by atoms with van der Waals surface area (Å²) in [4.78, 5) is 36.3. The highest BCUT2D eigenvalue weighted by Gasteiger charge is 2.40. The quantitative estimate of drug-likeness (QED) is 0.598. The number of rotatable bonds is 5. The van der Waals surface area contributed by atoms with Gasteiger partial charge in [0.1, 0.15) is 18.1 Å². The fourth-order valence-electron chi connectivity index (χ4n) is 2.47. The number of hydrazone groups is 1. The van der Waals surface area contributed by atoms with E-state index in [2.05, 4.69) is 5.10 Å². The van der Waals surface area contributed by atoms with Gasteiger partial charge in [-0.1, -0.05) is 0 Å². The zero-order valence-corrected chi connectivity index (χ0v) is 15.4. The van der Waals surface area contributed by atoms with Gasteiger partial charge in [0.15, 0.2) is 0 Å². The number of carbonyl (C=O) groups excluding carboxylic acids is 3. The monoisotopic (exact) mass is 401 g/mol. The largest absolute Gasteiger partial charge is 0.455 e. The minimum absolute atomic E-state index is 0. The van der Waals surface area contributed by atoms with Crippen molar-refractivity contribution in [3.8, 4) is 17.4 Å². The summed E-state index contributed by atoms with van der Waals surface area (Å²) in [6.07, 6.45) is 1.19. The van der Waals surface area contributed by atoms with Gasteiger partial charge in [-0.05, 0) is 36.4 Å². The molecule has 10 heteroatoms. The molecule has 1 aromatic carbocycles. The molecule has 0 spiro atoms.